The summed E-state index contributed by atoms with van der Waals surface area (Å²) in [5, 5.41) is 20.6. The number of aliphatic hydroxyl groups is 2. The summed E-state index contributed by atoms with van der Waals surface area (Å²) in [6.07, 6.45) is 96.2. The molecule has 4 N–H and O–H groups in total. The van der Waals surface area contributed by atoms with Crippen LogP contribution in [0, 0.1) is 0 Å². The Kier molecular flexibility index (Phi) is 70.0. The Bertz CT molecular complexity index is 2620. The molecule has 0 aromatic carbocycles. The molecule has 5 atom stereocenters. The summed E-state index contributed by atoms with van der Waals surface area (Å²) in [5.74, 6) is -1.69. The number of aliphatic hydroxyl groups excluding tert-OH is 2. The minimum Gasteiger partial charge on any atom is -0.463 e. The number of hydrogen-bond acceptors (Lipinski definition) is 14. The fourth-order valence-electron chi connectivity index (χ4n) is 9.15. The van der Waals surface area contributed by atoms with Crippen molar-refractivity contribution in [3.8, 4) is 0 Å². The first-order valence-corrected chi connectivity index (χ1v) is 40.7. The van der Waals surface area contributed by atoms with Gasteiger partial charge in [-0.1, -0.05) is 267 Å². The molecule has 570 valence electrons. The molecule has 0 aliphatic carbocycles. The zero-order valence-electron chi connectivity index (χ0n) is 62.0. The van der Waals surface area contributed by atoms with Gasteiger partial charge in [0.15, 0.2) is 6.10 Å². The zero-order valence-corrected chi connectivity index (χ0v) is 63.8. The lowest BCUT2D eigenvalue weighted by Crippen LogP contribution is -2.30. The van der Waals surface area contributed by atoms with E-state index in [0.29, 0.717) is 19.3 Å². The number of carbonyl (C=O) groups excluding carboxylic acids is 3. The van der Waals surface area contributed by atoms with E-state index >= 15 is 0 Å². The Morgan fingerprint density at radius 2 is 0.495 bits per heavy atom. The van der Waals surface area contributed by atoms with Crippen molar-refractivity contribution in [3.05, 3.63) is 194 Å². The Morgan fingerprint density at radius 1 is 0.277 bits per heavy atom. The van der Waals surface area contributed by atoms with Gasteiger partial charge in [0, 0.05) is 19.3 Å². The van der Waals surface area contributed by atoms with E-state index < -0.39 is 91.5 Å². The number of esters is 3. The zero-order chi connectivity index (χ0) is 73.7. The highest BCUT2D eigenvalue weighted by molar-refractivity contribution is 7.47. The van der Waals surface area contributed by atoms with Gasteiger partial charge >= 0.3 is 33.6 Å². The van der Waals surface area contributed by atoms with Crippen LogP contribution >= 0.6 is 15.6 Å². The van der Waals surface area contributed by atoms with Gasteiger partial charge in [0.2, 0.25) is 0 Å². The number of ether oxygens (including phenoxy) is 3. The van der Waals surface area contributed by atoms with Gasteiger partial charge in [-0.25, -0.2) is 9.13 Å². The molecule has 16 nitrogen and oxygen atoms in total. The second-order valence-electron chi connectivity index (χ2n) is 24.3. The Hall–Kier alpha value is -5.61. The lowest BCUT2D eigenvalue weighted by Gasteiger charge is -2.21. The molecule has 0 bridgehead atoms. The van der Waals surface area contributed by atoms with Gasteiger partial charge in [0.1, 0.15) is 25.4 Å². The van der Waals surface area contributed by atoms with E-state index in [1.165, 1.54) is 25.7 Å². The predicted octanol–water partition coefficient (Wildman–Crippen LogP) is 22.0. The van der Waals surface area contributed by atoms with Crippen LogP contribution < -0.4 is 0 Å². The van der Waals surface area contributed by atoms with E-state index in [-0.39, 0.29) is 19.3 Å². The number of carbonyl (C=O) groups is 3. The van der Waals surface area contributed by atoms with E-state index in [2.05, 4.69) is 215 Å². The summed E-state index contributed by atoms with van der Waals surface area (Å²) >= 11 is 0. The molecule has 0 heterocycles. The van der Waals surface area contributed by atoms with Gasteiger partial charge in [-0.3, -0.25) is 32.5 Å². The van der Waals surface area contributed by atoms with Crippen LogP contribution in [0.1, 0.15) is 252 Å². The number of rotatable bonds is 69. The van der Waals surface area contributed by atoms with Crippen LogP contribution in [-0.4, -0.2) is 95.9 Å². The summed E-state index contributed by atoms with van der Waals surface area (Å²) in [5.41, 5.74) is 0. The summed E-state index contributed by atoms with van der Waals surface area (Å²) in [4.78, 5) is 58.6. The number of allylic oxidation sites excluding steroid dienone is 32. The van der Waals surface area contributed by atoms with E-state index in [9.17, 15) is 43.5 Å². The SMILES string of the molecule is CC/C=C\C/C=C\C/C=C\C/C=C\C/C=C\C/C=C\CCCCC(=O)OCC(COP(=O)(O)OCC(O)COP(=O)(O)OCC(O)COC(=O)CCCCCCCCCCC/C=C\C/C=C\C/C=C\C/C=C\C/C=C\CC)OC(=O)CCCCC/C=C\C/C=C\C/C=C\C/C=C\C/C=C\CC. The van der Waals surface area contributed by atoms with Crippen LogP contribution in [0.25, 0.3) is 0 Å². The Morgan fingerprint density at radius 3 is 0.812 bits per heavy atom. The summed E-state index contributed by atoms with van der Waals surface area (Å²) < 4.78 is 61.0. The fraction of sp³-hybridized carbons (Fsp3) is 0.578. The van der Waals surface area contributed by atoms with Crippen molar-refractivity contribution >= 4 is 33.6 Å². The first kappa shape index (κ1) is 95.4. The molecule has 0 aliphatic heterocycles. The van der Waals surface area contributed by atoms with Crippen molar-refractivity contribution in [2.75, 3.05) is 39.6 Å². The monoisotopic (exact) mass is 1450 g/mol. The van der Waals surface area contributed by atoms with E-state index in [1.54, 1.807) is 0 Å². The molecule has 0 amide bonds. The minimum atomic E-state index is -4.96. The molecule has 0 saturated carbocycles. The maximum Gasteiger partial charge on any atom is 0.472 e. The first-order valence-electron chi connectivity index (χ1n) is 37.7. The average Bonchev–Trinajstić information content (AvgIpc) is 0.970. The highest BCUT2D eigenvalue weighted by Gasteiger charge is 2.29. The smallest absolute Gasteiger partial charge is 0.463 e. The molecular weight excluding hydrogens is 1310 g/mol. The molecule has 0 aromatic rings. The molecular formula is C83H132O16P2. The normalized spacial score (nSPS) is 15.1. The summed E-state index contributed by atoms with van der Waals surface area (Å²) in [6, 6.07) is 0. The van der Waals surface area contributed by atoms with Crippen molar-refractivity contribution in [2.45, 2.75) is 270 Å². The van der Waals surface area contributed by atoms with Gasteiger partial charge in [-0.05, 0) is 161 Å². The van der Waals surface area contributed by atoms with E-state index in [1.807, 2.05) is 0 Å². The predicted molar refractivity (Wildman–Crippen MR) is 417 cm³/mol. The van der Waals surface area contributed by atoms with Crippen LogP contribution in [0.5, 0.6) is 0 Å². The third kappa shape index (κ3) is 75.4. The Labute approximate surface area is 610 Å². The summed E-state index contributed by atoms with van der Waals surface area (Å²) in [7, 11) is -9.83. The van der Waals surface area contributed by atoms with Gasteiger partial charge in [0.25, 0.3) is 0 Å². The molecule has 18 heteroatoms. The average molecular weight is 1450 g/mol. The van der Waals surface area contributed by atoms with Crippen LogP contribution in [0.4, 0.5) is 0 Å². The number of hydrogen-bond donors (Lipinski definition) is 4. The second kappa shape index (κ2) is 74.1. The van der Waals surface area contributed by atoms with Crippen LogP contribution in [0.15, 0.2) is 194 Å². The van der Waals surface area contributed by atoms with Gasteiger partial charge in [-0.2, -0.15) is 0 Å². The number of unbranched alkanes of at least 4 members (excludes halogenated alkanes) is 14. The van der Waals surface area contributed by atoms with E-state index in [4.69, 9.17) is 32.3 Å². The van der Waals surface area contributed by atoms with Crippen molar-refractivity contribution in [1.29, 1.82) is 0 Å². The second-order valence-corrected chi connectivity index (χ2v) is 27.2. The van der Waals surface area contributed by atoms with Crippen molar-refractivity contribution in [1.82, 2.24) is 0 Å². The molecule has 0 fully saturated rings. The Balaban J connectivity index is 4.76. The minimum absolute atomic E-state index is 0.0467. The number of phosphoric ester groups is 2. The van der Waals surface area contributed by atoms with Crippen molar-refractivity contribution in [2.24, 2.45) is 0 Å². The molecule has 0 saturated heterocycles. The lowest BCUT2D eigenvalue weighted by molar-refractivity contribution is -0.161. The number of phosphoric acid groups is 2. The van der Waals surface area contributed by atoms with Crippen LogP contribution in [-0.2, 0) is 55.8 Å². The van der Waals surface area contributed by atoms with Crippen molar-refractivity contribution in [3.63, 3.8) is 0 Å². The highest BCUT2D eigenvalue weighted by atomic mass is 31.2. The molecule has 0 spiro atoms. The molecule has 101 heavy (non-hydrogen) atoms. The molecule has 0 radical (unpaired) electrons. The standard InChI is InChI=1S/C83H132O16P2/c1-4-7-10-13-16-19-22-25-28-31-34-36-37-38-39-41-44-45-48-51-54-57-60-63-66-69-81(86)93-72-78(84)73-95-100(89,90)96-74-79(85)75-97-101(91,92)98-77-80(99-83(88)71-68-65-62-59-56-53-50-47-42-33-30-27-24-21-18-15-12-9-6-3)76-94-82(87)70-67-64-61-58-55-52-49-46-43-40-35-32-29-26-23-20-17-14-11-8-5-2/h7-12,16-21,25-30,34-36,38-40,42,46-47,49,53,55-56,58,78-80,84-85H,4-6,13-15,22-24,31-33,37,41,43-45,48,50-52,54,57,59-77H2,1-3H3,(H,89,90)(H,91,92)/b10-7-,11-8-,12-9-,19-16-,20-17-,21-18-,28-25-,29-26-,30-27-,36-34-,39-38-,40-35-,47-42-,49-46-,56-53-,58-55-. The third-order valence-corrected chi connectivity index (χ3v) is 16.7. The maximum atomic E-state index is 13.0. The van der Waals surface area contributed by atoms with Gasteiger partial charge < -0.3 is 34.2 Å². The topological polar surface area (TPSA) is 231 Å². The fourth-order valence-corrected chi connectivity index (χ4v) is 10.7. The molecule has 0 aliphatic rings. The maximum absolute atomic E-state index is 13.0. The molecule has 5 unspecified atom stereocenters. The van der Waals surface area contributed by atoms with Gasteiger partial charge in [0.05, 0.1) is 26.4 Å². The van der Waals surface area contributed by atoms with Crippen LogP contribution in [0.3, 0.4) is 0 Å². The van der Waals surface area contributed by atoms with Crippen molar-refractivity contribution < 1.29 is 75.8 Å². The highest BCUT2D eigenvalue weighted by Crippen LogP contribution is 2.45. The first-order chi connectivity index (χ1) is 49.2. The molecule has 0 rings (SSSR count). The van der Waals surface area contributed by atoms with Crippen LogP contribution in [0.2, 0.25) is 0 Å². The largest absolute Gasteiger partial charge is 0.472 e. The third-order valence-electron chi connectivity index (χ3n) is 14.8. The van der Waals surface area contributed by atoms with Gasteiger partial charge in [-0.15, -0.1) is 0 Å². The lowest BCUT2D eigenvalue weighted by atomic mass is 10.1. The summed E-state index contributed by atoms with van der Waals surface area (Å²) in [6.45, 7) is 2.20. The van der Waals surface area contributed by atoms with E-state index in [0.717, 1.165) is 167 Å². The molecule has 0 aromatic heterocycles. The quantitative estimate of drug-likeness (QED) is 0.0146.